The third-order valence-electron chi connectivity index (χ3n) is 4.48. The molecule has 0 saturated heterocycles. The minimum atomic E-state index is 0.0487. The first-order valence-electron chi connectivity index (χ1n) is 8.09. The molecule has 0 radical (unpaired) electrons. The summed E-state index contributed by atoms with van der Waals surface area (Å²) in [6.07, 6.45) is 13.0. The van der Waals surface area contributed by atoms with E-state index in [0.29, 0.717) is 0 Å². The first kappa shape index (κ1) is 14.6. The summed E-state index contributed by atoms with van der Waals surface area (Å²) in [5.74, 6) is 0. The lowest BCUT2D eigenvalue weighted by Crippen LogP contribution is -2.40. The van der Waals surface area contributed by atoms with Gasteiger partial charge in [0.25, 0.3) is 0 Å². The third kappa shape index (κ3) is 4.35. The summed E-state index contributed by atoms with van der Waals surface area (Å²) >= 11 is 0. The molecule has 19 heavy (non-hydrogen) atoms. The number of unbranched alkanes of at least 4 members (excludes halogenated alkanes) is 6. The number of rotatable bonds is 8. The molecule has 1 aliphatic rings. The Morgan fingerprint density at radius 1 is 0.895 bits per heavy atom. The fourth-order valence-corrected chi connectivity index (χ4v) is 3.33. The topological polar surface area (TPSA) is 26.0 Å². The van der Waals surface area contributed by atoms with Crippen LogP contribution in [0.5, 0.6) is 0 Å². The van der Waals surface area contributed by atoms with Crippen LogP contribution in [0, 0.1) is 0 Å². The van der Waals surface area contributed by atoms with Gasteiger partial charge in [-0.15, -0.1) is 0 Å². The van der Waals surface area contributed by atoms with Crippen LogP contribution in [0.3, 0.4) is 0 Å². The Kier molecular flexibility index (Phi) is 5.45. The molecule has 0 saturated carbocycles. The lowest BCUT2D eigenvalue weighted by molar-refractivity contribution is 0.391. The largest absolute Gasteiger partial charge is 0.324 e. The molecular weight excluding hydrogens is 230 g/mol. The summed E-state index contributed by atoms with van der Waals surface area (Å²) < 4.78 is 0. The van der Waals surface area contributed by atoms with Crippen molar-refractivity contribution in [1.82, 2.24) is 0 Å². The van der Waals surface area contributed by atoms with Crippen LogP contribution in [0.1, 0.15) is 69.4 Å². The second-order valence-electron chi connectivity index (χ2n) is 6.36. The van der Waals surface area contributed by atoms with Gasteiger partial charge in [0, 0.05) is 5.54 Å². The van der Waals surface area contributed by atoms with Gasteiger partial charge in [-0.1, -0.05) is 76.1 Å². The van der Waals surface area contributed by atoms with Gasteiger partial charge in [-0.3, -0.25) is 0 Å². The second-order valence-corrected chi connectivity index (χ2v) is 6.36. The zero-order valence-corrected chi connectivity index (χ0v) is 12.5. The fourth-order valence-electron chi connectivity index (χ4n) is 3.33. The lowest BCUT2D eigenvalue weighted by Gasteiger charge is -2.23. The molecule has 0 spiro atoms. The van der Waals surface area contributed by atoms with Crippen LogP contribution in [0.2, 0.25) is 0 Å². The minimum absolute atomic E-state index is 0.0487. The zero-order chi connectivity index (χ0) is 13.6. The van der Waals surface area contributed by atoms with Gasteiger partial charge in [-0.05, 0) is 30.4 Å². The van der Waals surface area contributed by atoms with Gasteiger partial charge in [-0.2, -0.15) is 0 Å². The first-order valence-corrected chi connectivity index (χ1v) is 8.09. The predicted molar refractivity (Wildman–Crippen MR) is 83.4 cm³/mol. The number of nitrogens with two attached hydrogens (primary N) is 1. The second kappa shape index (κ2) is 7.09. The van der Waals surface area contributed by atoms with Gasteiger partial charge in [0.15, 0.2) is 0 Å². The standard InChI is InChI=1S/C18H29N/c1-2-3-4-5-6-7-10-13-18(19)14-16-11-8-9-12-17(16)15-18/h8-9,11-12H,2-7,10,13-15,19H2,1H3. The fraction of sp³-hybridized carbons (Fsp3) is 0.667. The van der Waals surface area contributed by atoms with Crippen LogP contribution >= 0.6 is 0 Å². The van der Waals surface area contributed by atoms with Crippen molar-refractivity contribution >= 4 is 0 Å². The summed E-state index contributed by atoms with van der Waals surface area (Å²) in [6.45, 7) is 2.27. The molecule has 0 aromatic heterocycles. The molecule has 0 aliphatic heterocycles. The van der Waals surface area contributed by atoms with Gasteiger partial charge in [0.1, 0.15) is 0 Å². The number of hydrogen-bond acceptors (Lipinski definition) is 1. The zero-order valence-electron chi connectivity index (χ0n) is 12.5. The number of fused-ring (bicyclic) bond motifs is 1. The molecule has 2 rings (SSSR count). The van der Waals surface area contributed by atoms with Gasteiger partial charge >= 0.3 is 0 Å². The van der Waals surface area contributed by atoms with E-state index in [2.05, 4.69) is 31.2 Å². The van der Waals surface area contributed by atoms with Gasteiger partial charge in [-0.25, -0.2) is 0 Å². The van der Waals surface area contributed by atoms with Crippen molar-refractivity contribution in [3.63, 3.8) is 0 Å². The van der Waals surface area contributed by atoms with E-state index in [9.17, 15) is 0 Å². The maximum Gasteiger partial charge on any atom is 0.0236 e. The molecule has 0 atom stereocenters. The smallest absolute Gasteiger partial charge is 0.0236 e. The molecule has 0 bridgehead atoms. The van der Waals surface area contributed by atoms with Crippen molar-refractivity contribution < 1.29 is 0 Å². The summed E-state index contributed by atoms with van der Waals surface area (Å²) in [7, 11) is 0. The molecule has 0 heterocycles. The Morgan fingerprint density at radius 3 is 2.00 bits per heavy atom. The van der Waals surface area contributed by atoms with E-state index in [1.54, 1.807) is 0 Å². The highest BCUT2D eigenvalue weighted by Gasteiger charge is 2.32. The molecule has 0 amide bonds. The normalized spacial score (nSPS) is 16.5. The summed E-state index contributed by atoms with van der Waals surface area (Å²) in [6, 6.07) is 8.76. The third-order valence-corrected chi connectivity index (χ3v) is 4.48. The van der Waals surface area contributed by atoms with E-state index < -0.39 is 0 Å². The highest BCUT2D eigenvalue weighted by molar-refractivity contribution is 5.35. The van der Waals surface area contributed by atoms with Crippen LogP contribution in [-0.4, -0.2) is 5.54 Å². The average molecular weight is 259 g/mol. The van der Waals surface area contributed by atoms with Crippen molar-refractivity contribution in [3.8, 4) is 0 Å². The van der Waals surface area contributed by atoms with Crippen LogP contribution in [0.4, 0.5) is 0 Å². The number of hydrogen-bond donors (Lipinski definition) is 1. The van der Waals surface area contributed by atoms with E-state index in [-0.39, 0.29) is 5.54 Å². The molecule has 1 aromatic carbocycles. The highest BCUT2D eigenvalue weighted by atomic mass is 14.7. The molecule has 2 N–H and O–H groups in total. The van der Waals surface area contributed by atoms with Gasteiger partial charge < -0.3 is 5.73 Å². The first-order chi connectivity index (χ1) is 9.23. The van der Waals surface area contributed by atoms with Crippen molar-refractivity contribution in [2.45, 2.75) is 76.7 Å². The number of benzene rings is 1. The van der Waals surface area contributed by atoms with Crippen molar-refractivity contribution in [2.24, 2.45) is 5.73 Å². The molecule has 1 aromatic rings. The Balaban J connectivity index is 1.64. The van der Waals surface area contributed by atoms with Crippen LogP contribution in [0.25, 0.3) is 0 Å². The Bertz CT molecular complexity index is 358. The maximum atomic E-state index is 6.57. The summed E-state index contributed by atoms with van der Waals surface area (Å²) in [5, 5.41) is 0. The van der Waals surface area contributed by atoms with Crippen molar-refractivity contribution in [3.05, 3.63) is 35.4 Å². The highest BCUT2D eigenvalue weighted by Crippen LogP contribution is 2.31. The maximum absolute atomic E-state index is 6.57. The molecular formula is C18H29N. The van der Waals surface area contributed by atoms with E-state index in [0.717, 1.165) is 12.8 Å². The van der Waals surface area contributed by atoms with Gasteiger partial charge in [0.05, 0.1) is 0 Å². The van der Waals surface area contributed by atoms with Gasteiger partial charge in [0.2, 0.25) is 0 Å². The lowest BCUT2D eigenvalue weighted by atomic mass is 9.90. The van der Waals surface area contributed by atoms with Crippen molar-refractivity contribution in [2.75, 3.05) is 0 Å². The molecule has 1 heteroatoms. The van der Waals surface area contributed by atoms with E-state index in [4.69, 9.17) is 5.73 Å². The van der Waals surface area contributed by atoms with Crippen LogP contribution < -0.4 is 5.73 Å². The molecule has 0 fully saturated rings. The van der Waals surface area contributed by atoms with E-state index in [1.807, 2.05) is 0 Å². The van der Waals surface area contributed by atoms with Crippen LogP contribution in [-0.2, 0) is 12.8 Å². The SMILES string of the molecule is CCCCCCCCCC1(N)Cc2ccccc2C1. The van der Waals surface area contributed by atoms with Crippen molar-refractivity contribution in [1.29, 1.82) is 0 Å². The quantitative estimate of drug-likeness (QED) is 0.677. The molecule has 0 unspecified atom stereocenters. The predicted octanol–water partition coefficient (Wildman–Crippen LogP) is 4.62. The Morgan fingerprint density at radius 2 is 1.42 bits per heavy atom. The van der Waals surface area contributed by atoms with Crippen LogP contribution in [0.15, 0.2) is 24.3 Å². The molecule has 1 nitrogen and oxygen atoms in total. The molecule has 1 aliphatic carbocycles. The Labute approximate surface area is 118 Å². The average Bonchev–Trinajstić information content (AvgIpc) is 2.74. The summed E-state index contributed by atoms with van der Waals surface area (Å²) in [4.78, 5) is 0. The monoisotopic (exact) mass is 259 g/mol. The molecule has 106 valence electrons. The minimum Gasteiger partial charge on any atom is -0.324 e. The van der Waals surface area contributed by atoms with E-state index >= 15 is 0 Å². The Hall–Kier alpha value is -0.820. The summed E-state index contributed by atoms with van der Waals surface area (Å²) in [5.41, 5.74) is 9.58. The van der Waals surface area contributed by atoms with E-state index in [1.165, 1.54) is 62.5 Å².